The molecular formula is C25H25N5O4S. The van der Waals surface area contributed by atoms with Crippen LogP contribution in [0.4, 0.5) is 5.82 Å². The highest BCUT2D eigenvalue weighted by Gasteiger charge is 2.27. The van der Waals surface area contributed by atoms with E-state index in [9.17, 15) is 19.2 Å². The van der Waals surface area contributed by atoms with Crippen LogP contribution in [0.1, 0.15) is 28.4 Å². The van der Waals surface area contributed by atoms with Crippen molar-refractivity contribution in [2.24, 2.45) is 14.1 Å². The third kappa shape index (κ3) is 4.44. The number of carbonyl (C=O) groups is 1. The molecule has 0 aliphatic heterocycles. The summed E-state index contributed by atoms with van der Waals surface area (Å²) >= 11 is 1.07. The Morgan fingerprint density at radius 2 is 1.66 bits per heavy atom. The number of hydrogen-bond donors (Lipinski definition) is 1. The number of Topliss-reactive ketones (excluding diaryl/α,β-unsaturated/α-hetero) is 1. The molecular weight excluding hydrogens is 466 g/mol. The second-order valence-electron chi connectivity index (χ2n) is 8.38. The summed E-state index contributed by atoms with van der Waals surface area (Å²) < 4.78 is 3.44. The van der Waals surface area contributed by atoms with E-state index in [0.29, 0.717) is 16.1 Å². The number of aromatic nitrogens is 4. The van der Waals surface area contributed by atoms with Gasteiger partial charge < -0.3 is 5.73 Å². The van der Waals surface area contributed by atoms with Gasteiger partial charge in [-0.25, -0.2) is 9.78 Å². The monoisotopic (exact) mass is 491 g/mol. The number of anilines is 1. The molecule has 4 rings (SSSR count). The highest BCUT2D eigenvalue weighted by atomic mass is 32.2. The van der Waals surface area contributed by atoms with Gasteiger partial charge in [-0.15, -0.1) is 0 Å². The van der Waals surface area contributed by atoms with Crippen molar-refractivity contribution in [3.63, 3.8) is 0 Å². The van der Waals surface area contributed by atoms with E-state index < -0.39 is 22.3 Å². The van der Waals surface area contributed by atoms with Crippen LogP contribution in [0, 0.1) is 6.92 Å². The molecule has 2 aromatic carbocycles. The van der Waals surface area contributed by atoms with Gasteiger partial charge in [0.15, 0.2) is 10.9 Å². The summed E-state index contributed by atoms with van der Waals surface area (Å²) in [5.41, 5.74) is 6.63. The average Bonchev–Trinajstić information content (AvgIpc) is 2.85. The first kappa shape index (κ1) is 24.2. The molecule has 0 fully saturated rings. The molecule has 0 amide bonds. The second-order valence-corrected chi connectivity index (χ2v) is 9.69. The van der Waals surface area contributed by atoms with E-state index in [1.165, 1.54) is 18.7 Å². The number of rotatable bonds is 6. The van der Waals surface area contributed by atoms with Crippen LogP contribution in [0.25, 0.3) is 10.9 Å². The number of hydrogen-bond acceptors (Lipinski definition) is 7. The molecule has 1 unspecified atom stereocenters. The molecule has 9 nitrogen and oxygen atoms in total. The molecule has 0 spiro atoms. The molecule has 2 N–H and O–H groups in total. The van der Waals surface area contributed by atoms with Crippen LogP contribution >= 0.6 is 11.8 Å². The van der Waals surface area contributed by atoms with Crippen LogP contribution in [0.3, 0.4) is 0 Å². The lowest BCUT2D eigenvalue weighted by atomic mass is 10.1. The van der Waals surface area contributed by atoms with Gasteiger partial charge in [-0.3, -0.25) is 28.1 Å². The number of para-hydroxylation sites is 1. The van der Waals surface area contributed by atoms with Crippen molar-refractivity contribution in [1.82, 2.24) is 18.7 Å². The van der Waals surface area contributed by atoms with Crippen molar-refractivity contribution in [3.8, 4) is 0 Å². The number of aryl methyl sites for hydroxylation is 1. The zero-order valence-corrected chi connectivity index (χ0v) is 20.6. The number of ketones is 1. The topological polar surface area (TPSA) is 122 Å². The molecule has 1 atom stereocenters. The van der Waals surface area contributed by atoms with E-state index in [0.717, 1.165) is 32.0 Å². The molecule has 10 heteroatoms. The maximum absolute atomic E-state index is 13.4. The Balaban J connectivity index is 1.79. The van der Waals surface area contributed by atoms with Gasteiger partial charge in [-0.2, -0.15) is 0 Å². The summed E-state index contributed by atoms with van der Waals surface area (Å²) in [5, 5.41) is 0.00860. The molecule has 0 aliphatic rings. The highest BCUT2D eigenvalue weighted by molar-refractivity contribution is 8.00. The van der Waals surface area contributed by atoms with Gasteiger partial charge in [-0.05, 0) is 31.5 Å². The van der Waals surface area contributed by atoms with Gasteiger partial charge in [0.2, 0.25) is 0 Å². The van der Waals surface area contributed by atoms with Gasteiger partial charge in [0.1, 0.15) is 11.4 Å². The Kier molecular flexibility index (Phi) is 6.49. The maximum Gasteiger partial charge on any atom is 0.332 e. The number of nitrogens with two attached hydrogens (primary N) is 1. The second kappa shape index (κ2) is 9.38. The average molecular weight is 492 g/mol. The van der Waals surface area contributed by atoms with Crippen molar-refractivity contribution in [2.45, 2.75) is 30.8 Å². The normalized spacial score (nSPS) is 12.1. The molecule has 0 saturated carbocycles. The molecule has 0 radical (unpaired) electrons. The fraction of sp³-hybridized carbons (Fsp3) is 0.240. The minimum Gasteiger partial charge on any atom is -0.384 e. The Labute approximate surface area is 204 Å². The third-order valence-electron chi connectivity index (χ3n) is 5.90. The fourth-order valence-electron chi connectivity index (χ4n) is 3.76. The van der Waals surface area contributed by atoms with Gasteiger partial charge in [0, 0.05) is 14.1 Å². The molecule has 35 heavy (non-hydrogen) atoms. The molecule has 0 bridgehead atoms. The van der Waals surface area contributed by atoms with Crippen LogP contribution in [0.2, 0.25) is 0 Å². The number of thioether (sulfide) groups is 1. The standard InChI is InChI=1S/C25H25N5O4S/c1-14-9-11-16(12-10-14)13-30-22(32)17-7-5-6-8-18(17)27-24(30)35-15(2)20(31)19-21(26)28(3)25(34)29(4)23(19)33/h5-12,15H,13,26H2,1-4H3. The summed E-state index contributed by atoms with van der Waals surface area (Å²) in [7, 11) is 2.69. The molecule has 0 saturated heterocycles. The zero-order chi connectivity index (χ0) is 25.4. The van der Waals surface area contributed by atoms with E-state index >= 15 is 0 Å². The van der Waals surface area contributed by atoms with Gasteiger partial charge in [0.25, 0.3) is 11.1 Å². The summed E-state index contributed by atoms with van der Waals surface area (Å²) in [6, 6.07) is 14.8. The zero-order valence-electron chi connectivity index (χ0n) is 19.8. The Morgan fingerprint density at radius 1 is 1.00 bits per heavy atom. The summed E-state index contributed by atoms with van der Waals surface area (Å²) in [5.74, 6) is -0.743. The van der Waals surface area contributed by atoms with Crippen LogP contribution < -0.4 is 22.5 Å². The first-order chi connectivity index (χ1) is 16.6. The number of nitrogen functional groups attached to an aromatic ring is 1. The first-order valence-corrected chi connectivity index (χ1v) is 11.8. The van der Waals surface area contributed by atoms with E-state index in [-0.39, 0.29) is 23.5 Å². The predicted molar refractivity (Wildman–Crippen MR) is 137 cm³/mol. The quantitative estimate of drug-likeness (QED) is 0.249. The lowest BCUT2D eigenvalue weighted by Gasteiger charge is -2.17. The van der Waals surface area contributed by atoms with Crippen molar-refractivity contribution in [1.29, 1.82) is 0 Å². The minimum absolute atomic E-state index is 0.195. The Morgan fingerprint density at radius 3 is 2.34 bits per heavy atom. The third-order valence-corrected chi connectivity index (χ3v) is 6.99. The van der Waals surface area contributed by atoms with Crippen molar-refractivity contribution >= 4 is 34.3 Å². The van der Waals surface area contributed by atoms with E-state index in [1.54, 1.807) is 31.2 Å². The van der Waals surface area contributed by atoms with Crippen LogP contribution in [-0.2, 0) is 20.6 Å². The van der Waals surface area contributed by atoms with Crippen LogP contribution in [0.15, 0.2) is 68.1 Å². The Bertz CT molecular complexity index is 1630. The smallest absolute Gasteiger partial charge is 0.332 e. The maximum atomic E-state index is 13.4. The number of benzene rings is 2. The van der Waals surface area contributed by atoms with E-state index in [4.69, 9.17) is 5.73 Å². The molecule has 2 heterocycles. The number of fused-ring (bicyclic) bond motifs is 1. The highest BCUT2D eigenvalue weighted by Crippen LogP contribution is 2.26. The lowest BCUT2D eigenvalue weighted by Crippen LogP contribution is -2.42. The van der Waals surface area contributed by atoms with Gasteiger partial charge in [-0.1, -0.05) is 53.7 Å². The van der Waals surface area contributed by atoms with Crippen LogP contribution in [-0.4, -0.2) is 29.7 Å². The number of carbonyl (C=O) groups excluding carboxylic acids is 1. The summed E-state index contributed by atoms with van der Waals surface area (Å²) in [4.78, 5) is 56.2. The summed E-state index contributed by atoms with van der Waals surface area (Å²) in [6.07, 6.45) is 0. The van der Waals surface area contributed by atoms with Crippen molar-refractivity contribution in [3.05, 3.63) is 96.4 Å². The van der Waals surface area contributed by atoms with Gasteiger partial charge in [0.05, 0.1) is 22.7 Å². The predicted octanol–water partition coefficient (Wildman–Crippen LogP) is 2.10. The SMILES string of the molecule is Cc1ccc(Cn2c(SC(C)C(=O)c3c(N)n(C)c(=O)n(C)c3=O)nc3ccccc3c2=O)cc1. The fourth-order valence-corrected chi connectivity index (χ4v) is 4.73. The summed E-state index contributed by atoms with van der Waals surface area (Å²) in [6.45, 7) is 3.87. The van der Waals surface area contributed by atoms with E-state index in [2.05, 4.69) is 4.98 Å². The number of nitrogens with zero attached hydrogens (tertiary/aromatic N) is 4. The molecule has 4 aromatic rings. The minimum atomic E-state index is -0.806. The van der Waals surface area contributed by atoms with E-state index in [1.807, 2.05) is 31.2 Å². The van der Waals surface area contributed by atoms with Crippen LogP contribution in [0.5, 0.6) is 0 Å². The molecule has 2 aromatic heterocycles. The van der Waals surface area contributed by atoms with Gasteiger partial charge >= 0.3 is 5.69 Å². The first-order valence-electron chi connectivity index (χ1n) is 10.9. The molecule has 0 aliphatic carbocycles. The lowest BCUT2D eigenvalue weighted by molar-refractivity contribution is 0.0992. The van der Waals surface area contributed by atoms with Crippen molar-refractivity contribution in [2.75, 3.05) is 5.73 Å². The van der Waals surface area contributed by atoms with Crippen molar-refractivity contribution < 1.29 is 4.79 Å². The Hall–Kier alpha value is -3.92. The largest absolute Gasteiger partial charge is 0.384 e. The molecule has 180 valence electrons.